The van der Waals surface area contributed by atoms with E-state index in [1.807, 2.05) is 0 Å². The number of halogens is 1. The molecule has 0 bridgehead atoms. The summed E-state index contributed by atoms with van der Waals surface area (Å²) in [5, 5.41) is 20.1. The van der Waals surface area contributed by atoms with Crippen LogP contribution in [0.15, 0.2) is 18.2 Å². The number of methoxy groups -OCH3 is 1. The van der Waals surface area contributed by atoms with Crippen LogP contribution >= 0.6 is 0 Å². The highest BCUT2D eigenvalue weighted by Crippen LogP contribution is 2.21. The van der Waals surface area contributed by atoms with E-state index in [1.165, 1.54) is 7.11 Å². The van der Waals surface area contributed by atoms with E-state index in [1.54, 1.807) is 0 Å². The molecule has 0 amide bonds. The second-order valence-electron chi connectivity index (χ2n) is 3.68. The van der Waals surface area contributed by atoms with E-state index in [-0.39, 0.29) is 30.7 Å². The van der Waals surface area contributed by atoms with Gasteiger partial charge in [-0.05, 0) is 25.0 Å². The van der Waals surface area contributed by atoms with E-state index in [9.17, 15) is 19.6 Å². The van der Waals surface area contributed by atoms with Gasteiger partial charge in [-0.3, -0.25) is 10.1 Å². The Kier molecular flexibility index (Phi) is 4.99. The first-order valence-electron chi connectivity index (χ1n) is 5.14. The van der Waals surface area contributed by atoms with Crippen molar-refractivity contribution in [1.82, 2.24) is 0 Å². The largest absolute Gasteiger partial charge is 0.391 e. The molecular weight excluding hydrogens is 229 g/mol. The summed E-state index contributed by atoms with van der Waals surface area (Å²) in [4.78, 5) is 10.1. The molecule has 1 atom stereocenters. The maximum Gasteiger partial charge on any atom is 0.272 e. The lowest BCUT2D eigenvalue weighted by molar-refractivity contribution is -0.385. The van der Waals surface area contributed by atoms with Gasteiger partial charge in [0.05, 0.1) is 17.6 Å². The smallest absolute Gasteiger partial charge is 0.272 e. The molecule has 1 aromatic rings. The number of nitrogens with zero attached hydrogens (tertiary/aromatic N) is 1. The molecule has 94 valence electrons. The number of nitro groups is 1. The second kappa shape index (κ2) is 6.27. The molecule has 0 aliphatic carbocycles. The SMILES string of the molecule is COCC(O)CCc1cc(F)ccc1[N+](=O)[O-]. The van der Waals surface area contributed by atoms with Gasteiger partial charge in [-0.1, -0.05) is 0 Å². The molecule has 0 spiro atoms. The Bertz CT molecular complexity index is 397. The Morgan fingerprint density at radius 1 is 1.59 bits per heavy atom. The van der Waals surface area contributed by atoms with Gasteiger partial charge in [-0.25, -0.2) is 4.39 Å². The summed E-state index contributed by atoms with van der Waals surface area (Å²) in [6, 6.07) is 3.30. The molecule has 0 aliphatic rings. The van der Waals surface area contributed by atoms with Crippen LogP contribution in [0.4, 0.5) is 10.1 Å². The van der Waals surface area contributed by atoms with Crippen LogP contribution in [-0.2, 0) is 11.2 Å². The average Bonchev–Trinajstić information content (AvgIpc) is 2.26. The van der Waals surface area contributed by atoms with E-state index in [2.05, 4.69) is 0 Å². The van der Waals surface area contributed by atoms with Gasteiger partial charge in [0.1, 0.15) is 5.82 Å². The number of nitro benzene ring substituents is 1. The maximum absolute atomic E-state index is 13.0. The van der Waals surface area contributed by atoms with Crippen LogP contribution in [0.2, 0.25) is 0 Å². The number of ether oxygens (including phenoxy) is 1. The summed E-state index contributed by atoms with van der Waals surface area (Å²) in [5.74, 6) is -0.521. The van der Waals surface area contributed by atoms with E-state index in [4.69, 9.17) is 4.74 Å². The normalized spacial score (nSPS) is 12.4. The van der Waals surface area contributed by atoms with Gasteiger partial charge in [-0.15, -0.1) is 0 Å². The third-order valence-corrected chi connectivity index (χ3v) is 2.34. The Hall–Kier alpha value is -1.53. The fourth-order valence-electron chi connectivity index (χ4n) is 1.53. The fourth-order valence-corrected chi connectivity index (χ4v) is 1.53. The molecule has 0 radical (unpaired) electrons. The topological polar surface area (TPSA) is 72.6 Å². The lowest BCUT2D eigenvalue weighted by atomic mass is 10.1. The van der Waals surface area contributed by atoms with Crippen LogP contribution in [0, 0.1) is 15.9 Å². The first-order chi connectivity index (χ1) is 8.04. The molecule has 6 heteroatoms. The highest BCUT2D eigenvalue weighted by Gasteiger charge is 2.15. The lowest BCUT2D eigenvalue weighted by Gasteiger charge is -2.09. The number of aliphatic hydroxyl groups excluding tert-OH is 1. The quantitative estimate of drug-likeness (QED) is 0.609. The maximum atomic E-state index is 13.0. The third-order valence-electron chi connectivity index (χ3n) is 2.34. The van der Waals surface area contributed by atoms with Crippen molar-refractivity contribution in [1.29, 1.82) is 0 Å². The minimum absolute atomic E-state index is 0.129. The van der Waals surface area contributed by atoms with Gasteiger partial charge in [0.15, 0.2) is 0 Å². The van der Waals surface area contributed by atoms with Gasteiger partial charge in [0, 0.05) is 18.7 Å². The Balaban J connectivity index is 2.75. The van der Waals surface area contributed by atoms with Crippen molar-refractivity contribution in [3.8, 4) is 0 Å². The number of aliphatic hydroxyl groups is 1. The number of rotatable bonds is 6. The van der Waals surface area contributed by atoms with Gasteiger partial charge in [0.2, 0.25) is 0 Å². The van der Waals surface area contributed by atoms with Crippen molar-refractivity contribution in [2.24, 2.45) is 0 Å². The zero-order valence-electron chi connectivity index (χ0n) is 9.43. The molecule has 0 aromatic heterocycles. The summed E-state index contributed by atoms with van der Waals surface area (Å²) in [7, 11) is 1.45. The van der Waals surface area contributed by atoms with Crippen LogP contribution in [0.1, 0.15) is 12.0 Å². The van der Waals surface area contributed by atoms with E-state index in [0.717, 1.165) is 18.2 Å². The highest BCUT2D eigenvalue weighted by atomic mass is 19.1. The summed E-state index contributed by atoms with van der Waals surface area (Å²) < 4.78 is 17.7. The first-order valence-corrected chi connectivity index (χ1v) is 5.14. The zero-order valence-corrected chi connectivity index (χ0v) is 9.43. The molecule has 1 rings (SSSR count). The van der Waals surface area contributed by atoms with Crippen molar-refractivity contribution < 1.29 is 19.2 Å². The molecule has 0 heterocycles. The summed E-state index contributed by atoms with van der Waals surface area (Å²) >= 11 is 0. The monoisotopic (exact) mass is 243 g/mol. The predicted octanol–water partition coefficient (Wildman–Crippen LogP) is 1.67. The van der Waals surface area contributed by atoms with Gasteiger partial charge in [-0.2, -0.15) is 0 Å². The van der Waals surface area contributed by atoms with Crippen LogP contribution in [-0.4, -0.2) is 29.9 Å². The van der Waals surface area contributed by atoms with Crippen molar-refractivity contribution in [3.63, 3.8) is 0 Å². The fraction of sp³-hybridized carbons (Fsp3) is 0.455. The van der Waals surface area contributed by atoms with Crippen molar-refractivity contribution >= 4 is 5.69 Å². The van der Waals surface area contributed by atoms with E-state index in [0.29, 0.717) is 0 Å². The van der Waals surface area contributed by atoms with Gasteiger partial charge in [0.25, 0.3) is 5.69 Å². The Morgan fingerprint density at radius 3 is 2.88 bits per heavy atom. The van der Waals surface area contributed by atoms with Gasteiger partial charge < -0.3 is 9.84 Å². The molecule has 1 unspecified atom stereocenters. The molecule has 5 nitrogen and oxygen atoms in total. The molecule has 1 aromatic carbocycles. The minimum Gasteiger partial charge on any atom is -0.391 e. The standard InChI is InChI=1S/C11H14FNO4/c1-17-7-10(14)4-2-8-6-9(12)3-5-11(8)13(15)16/h3,5-6,10,14H,2,4,7H2,1H3. The number of benzene rings is 1. The van der Waals surface area contributed by atoms with Crippen LogP contribution in [0.3, 0.4) is 0 Å². The van der Waals surface area contributed by atoms with E-state index >= 15 is 0 Å². The van der Waals surface area contributed by atoms with Crippen LogP contribution in [0.25, 0.3) is 0 Å². The zero-order chi connectivity index (χ0) is 12.8. The summed E-state index contributed by atoms with van der Waals surface area (Å²) in [6.45, 7) is 0.156. The van der Waals surface area contributed by atoms with Gasteiger partial charge >= 0.3 is 0 Å². The number of hydrogen-bond donors (Lipinski definition) is 1. The molecule has 0 saturated carbocycles. The highest BCUT2D eigenvalue weighted by molar-refractivity contribution is 5.40. The third kappa shape index (κ3) is 4.08. The predicted molar refractivity (Wildman–Crippen MR) is 59.3 cm³/mol. The molecule has 1 N–H and O–H groups in total. The second-order valence-corrected chi connectivity index (χ2v) is 3.68. The van der Waals surface area contributed by atoms with Crippen molar-refractivity contribution in [2.45, 2.75) is 18.9 Å². The Labute approximate surface area is 98.0 Å². The molecular formula is C11H14FNO4. The first kappa shape index (κ1) is 13.5. The van der Waals surface area contributed by atoms with Crippen LogP contribution < -0.4 is 0 Å². The average molecular weight is 243 g/mol. The van der Waals surface area contributed by atoms with Crippen molar-refractivity contribution in [2.75, 3.05) is 13.7 Å². The number of aryl methyl sites for hydroxylation is 1. The van der Waals surface area contributed by atoms with Crippen LogP contribution in [0.5, 0.6) is 0 Å². The molecule has 17 heavy (non-hydrogen) atoms. The lowest BCUT2D eigenvalue weighted by Crippen LogP contribution is -2.15. The summed E-state index contributed by atoms with van der Waals surface area (Å²) in [6.07, 6.45) is -0.181. The minimum atomic E-state index is -0.706. The summed E-state index contributed by atoms with van der Waals surface area (Å²) in [5.41, 5.74) is 0.154. The van der Waals surface area contributed by atoms with E-state index < -0.39 is 16.8 Å². The molecule has 0 saturated heterocycles. The number of hydrogen-bond acceptors (Lipinski definition) is 4. The molecule has 0 aliphatic heterocycles. The molecule has 0 fully saturated rings. The Morgan fingerprint density at radius 2 is 2.29 bits per heavy atom. The van der Waals surface area contributed by atoms with Crippen molar-refractivity contribution in [3.05, 3.63) is 39.7 Å².